The number of carbonyl (C=O) groups is 1. The number of aryl methyl sites for hydroxylation is 1. The molecule has 146 valence electrons. The maximum Gasteiger partial charge on any atom is 0.265 e. The van der Waals surface area contributed by atoms with Gasteiger partial charge in [-0.25, -0.2) is 0 Å². The number of phenolic OH excluding ortho intramolecular Hbond substituents is 1. The van der Waals surface area contributed by atoms with E-state index < -0.39 is 6.10 Å². The van der Waals surface area contributed by atoms with Crippen molar-refractivity contribution in [2.45, 2.75) is 33.3 Å². The van der Waals surface area contributed by atoms with Crippen molar-refractivity contribution in [2.24, 2.45) is 10.2 Å². The third kappa shape index (κ3) is 2.77. The molecule has 0 fully saturated rings. The molecule has 29 heavy (non-hydrogen) atoms. The lowest BCUT2D eigenvalue weighted by Gasteiger charge is -2.25. The molecule has 0 radical (unpaired) electrons. The van der Waals surface area contributed by atoms with Gasteiger partial charge in [0.25, 0.3) is 5.91 Å². The zero-order valence-corrected chi connectivity index (χ0v) is 16.2. The van der Waals surface area contributed by atoms with E-state index in [0.717, 1.165) is 27.8 Å². The Bertz CT molecular complexity index is 1250. The van der Waals surface area contributed by atoms with E-state index in [1.807, 2.05) is 26.0 Å². The van der Waals surface area contributed by atoms with E-state index in [1.165, 1.54) is 0 Å². The molecule has 7 nitrogen and oxygen atoms in total. The predicted octanol–water partition coefficient (Wildman–Crippen LogP) is 3.94. The van der Waals surface area contributed by atoms with E-state index in [1.54, 1.807) is 25.1 Å². The summed E-state index contributed by atoms with van der Waals surface area (Å²) < 4.78 is 11.9. The van der Waals surface area contributed by atoms with Crippen molar-refractivity contribution in [3.8, 4) is 11.5 Å². The van der Waals surface area contributed by atoms with Crippen LogP contribution < -0.4 is 10.1 Å². The van der Waals surface area contributed by atoms with E-state index in [2.05, 4.69) is 15.5 Å². The van der Waals surface area contributed by atoms with Crippen LogP contribution in [0.15, 0.2) is 45.0 Å². The molecule has 3 aromatic rings. The molecule has 0 saturated heterocycles. The molecule has 2 aliphatic heterocycles. The molecule has 3 heterocycles. The van der Waals surface area contributed by atoms with Gasteiger partial charge in [-0.15, -0.1) is 5.10 Å². The van der Waals surface area contributed by atoms with Crippen LogP contribution >= 0.6 is 0 Å². The second-order valence-corrected chi connectivity index (χ2v) is 7.45. The summed E-state index contributed by atoms with van der Waals surface area (Å²) in [6.45, 7) is 5.56. The summed E-state index contributed by atoms with van der Waals surface area (Å²) in [5.41, 5.74) is 5.45. The highest BCUT2D eigenvalue weighted by Crippen LogP contribution is 2.37. The number of aromatic hydroxyl groups is 1. The number of rotatable bonds is 1. The lowest BCUT2D eigenvalue weighted by atomic mass is 9.95. The summed E-state index contributed by atoms with van der Waals surface area (Å²) in [6, 6.07) is 8.81. The summed E-state index contributed by atoms with van der Waals surface area (Å²) in [5, 5.41) is 22.4. The molecule has 0 spiro atoms. The molecule has 0 bridgehead atoms. The molecule has 2 N–H and O–H groups in total. The van der Waals surface area contributed by atoms with E-state index in [9.17, 15) is 9.90 Å². The highest BCUT2D eigenvalue weighted by Gasteiger charge is 2.28. The van der Waals surface area contributed by atoms with Crippen molar-refractivity contribution in [1.82, 2.24) is 0 Å². The van der Waals surface area contributed by atoms with Gasteiger partial charge in [0.15, 0.2) is 11.9 Å². The van der Waals surface area contributed by atoms with Gasteiger partial charge in [0.2, 0.25) is 0 Å². The van der Waals surface area contributed by atoms with Crippen LogP contribution in [0, 0.1) is 6.92 Å². The van der Waals surface area contributed by atoms with Crippen molar-refractivity contribution in [3.05, 3.63) is 52.8 Å². The number of phenols is 1. The van der Waals surface area contributed by atoms with E-state index in [-0.39, 0.29) is 11.7 Å². The van der Waals surface area contributed by atoms with Crippen LogP contribution in [0.3, 0.4) is 0 Å². The van der Waals surface area contributed by atoms with Crippen LogP contribution in [0.1, 0.15) is 36.3 Å². The summed E-state index contributed by atoms with van der Waals surface area (Å²) in [5.74, 6) is 1.20. The summed E-state index contributed by atoms with van der Waals surface area (Å²) in [4.78, 5) is 12.0. The summed E-state index contributed by atoms with van der Waals surface area (Å²) in [6.07, 6.45) is 0.0294. The number of ether oxygens (including phenoxy) is 1. The van der Waals surface area contributed by atoms with Crippen LogP contribution in [0.25, 0.3) is 11.0 Å². The van der Waals surface area contributed by atoms with Gasteiger partial charge in [0, 0.05) is 28.6 Å². The average Bonchev–Trinajstić information content (AvgIpc) is 2.90. The van der Waals surface area contributed by atoms with Gasteiger partial charge in [-0.2, -0.15) is 5.10 Å². The number of carbonyl (C=O) groups excluding carboxylic acids is 1. The predicted molar refractivity (Wildman–Crippen MR) is 110 cm³/mol. The molecule has 1 amide bonds. The normalized spacial score (nSPS) is 18.2. The average molecular weight is 389 g/mol. The first-order valence-electron chi connectivity index (χ1n) is 9.39. The lowest BCUT2D eigenvalue weighted by Crippen LogP contribution is -2.34. The molecule has 0 aliphatic carbocycles. The first-order chi connectivity index (χ1) is 13.9. The smallest absolute Gasteiger partial charge is 0.265 e. The Kier molecular flexibility index (Phi) is 3.74. The molecule has 2 aliphatic rings. The van der Waals surface area contributed by atoms with Crippen LogP contribution in [-0.2, 0) is 11.2 Å². The van der Waals surface area contributed by atoms with Gasteiger partial charge in [-0.05, 0) is 56.7 Å². The second kappa shape index (κ2) is 6.20. The molecule has 0 saturated carbocycles. The molecule has 1 unspecified atom stereocenters. The zero-order chi connectivity index (χ0) is 20.3. The Hall–Kier alpha value is -3.61. The van der Waals surface area contributed by atoms with Gasteiger partial charge in [0.05, 0.1) is 5.69 Å². The molecule has 1 atom stereocenters. The van der Waals surface area contributed by atoms with Gasteiger partial charge < -0.3 is 19.6 Å². The maximum atomic E-state index is 12.0. The largest absolute Gasteiger partial charge is 0.508 e. The number of benzene rings is 2. The first kappa shape index (κ1) is 17.5. The minimum Gasteiger partial charge on any atom is -0.508 e. The molecular formula is C22H19N3O4. The van der Waals surface area contributed by atoms with Crippen molar-refractivity contribution >= 4 is 34.0 Å². The van der Waals surface area contributed by atoms with Gasteiger partial charge in [-0.3, -0.25) is 4.79 Å². The highest BCUT2D eigenvalue weighted by molar-refractivity contribution is 6.16. The molecule has 5 rings (SSSR count). The fourth-order valence-corrected chi connectivity index (χ4v) is 3.77. The zero-order valence-electron chi connectivity index (χ0n) is 16.2. The number of fused-ring (bicyclic) bond motifs is 3. The number of anilines is 1. The highest BCUT2D eigenvalue weighted by atomic mass is 16.5. The SMILES string of the molecule is CC1=NN=C(c2oc3ccc(O)cc3c2C)c2cc3c(cc2C1)NC(=O)C(C)O3. The summed E-state index contributed by atoms with van der Waals surface area (Å²) in [7, 11) is 0. The minimum absolute atomic E-state index is 0.168. The van der Waals surface area contributed by atoms with Crippen LogP contribution in [0.4, 0.5) is 5.69 Å². The number of furan rings is 1. The van der Waals surface area contributed by atoms with Crippen LogP contribution in [0.2, 0.25) is 0 Å². The van der Waals surface area contributed by atoms with Crippen molar-refractivity contribution in [1.29, 1.82) is 0 Å². The first-order valence-corrected chi connectivity index (χ1v) is 9.39. The van der Waals surface area contributed by atoms with Crippen molar-refractivity contribution in [2.75, 3.05) is 5.32 Å². The van der Waals surface area contributed by atoms with E-state index in [0.29, 0.717) is 34.9 Å². The second-order valence-electron chi connectivity index (χ2n) is 7.45. The van der Waals surface area contributed by atoms with Crippen LogP contribution in [-0.4, -0.2) is 28.5 Å². The fourth-order valence-electron chi connectivity index (χ4n) is 3.77. The van der Waals surface area contributed by atoms with Crippen LogP contribution in [0.5, 0.6) is 11.5 Å². The Labute approximate surface area is 166 Å². The number of hydrogen-bond donors (Lipinski definition) is 2. The minimum atomic E-state index is -0.569. The Morgan fingerprint density at radius 3 is 2.83 bits per heavy atom. The number of nitrogens with zero attached hydrogens (tertiary/aromatic N) is 2. The standard InChI is InChI=1S/C22H19N3O4/c1-10-6-13-7-17-19(28-12(3)22(27)23-17)9-16(13)20(25-24-10)21-11(2)15-8-14(26)4-5-18(15)29-21/h4-5,7-9,12,26H,6H2,1-3H3,(H,23,27). The molecule has 2 aromatic carbocycles. The third-order valence-corrected chi connectivity index (χ3v) is 5.29. The van der Waals surface area contributed by atoms with Gasteiger partial charge >= 0.3 is 0 Å². The molecular weight excluding hydrogens is 370 g/mol. The Morgan fingerprint density at radius 1 is 1.17 bits per heavy atom. The fraction of sp³-hybridized carbons (Fsp3) is 0.227. The molecule has 1 aromatic heterocycles. The monoisotopic (exact) mass is 389 g/mol. The van der Waals surface area contributed by atoms with Crippen molar-refractivity contribution < 1.29 is 19.1 Å². The van der Waals surface area contributed by atoms with E-state index >= 15 is 0 Å². The number of amides is 1. The topological polar surface area (TPSA) is 96.4 Å². The number of nitrogens with one attached hydrogen (secondary N) is 1. The van der Waals surface area contributed by atoms with E-state index in [4.69, 9.17) is 9.15 Å². The van der Waals surface area contributed by atoms with Gasteiger partial charge in [-0.1, -0.05) is 0 Å². The quantitative estimate of drug-likeness (QED) is 0.659. The van der Waals surface area contributed by atoms with Crippen molar-refractivity contribution in [3.63, 3.8) is 0 Å². The summed E-state index contributed by atoms with van der Waals surface area (Å²) >= 11 is 0. The maximum absolute atomic E-state index is 12.0. The lowest BCUT2D eigenvalue weighted by molar-refractivity contribution is -0.122. The third-order valence-electron chi connectivity index (χ3n) is 5.29. The Morgan fingerprint density at radius 2 is 2.00 bits per heavy atom. The van der Waals surface area contributed by atoms with Gasteiger partial charge in [0.1, 0.15) is 22.8 Å². The number of hydrogen-bond acceptors (Lipinski definition) is 6. The molecule has 7 heteroatoms. The Balaban J connectivity index is 1.72.